The van der Waals surface area contributed by atoms with Gasteiger partial charge in [-0.25, -0.2) is 0 Å². The zero-order chi connectivity index (χ0) is 40.6. The average Bonchev–Trinajstić information content (AvgIpc) is 3.29. The van der Waals surface area contributed by atoms with Gasteiger partial charge >= 0.3 is 0 Å². The summed E-state index contributed by atoms with van der Waals surface area (Å²) in [7, 11) is 0. The number of rotatable bonds is 7. The van der Waals surface area contributed by atoms with Crippen molar-refractivity contribution in [3.63, 3.8) is 0 Å². The minimum atomic E-state index is 0.460. The number of aryl methyl sites for hydroxylation is 5. The molecule has 1 heteroatoms. The van der Waals surface area contributed by atoms with E-state index in [-0.39, 0.29) is 0 Å². The SMILES string of the molecule is CCc1ccc(-c2cc(COc3cc(C)ccc3C)c3ccc4c(-c5ccc(C)c6ccccc56)cc(-c5ccc(C)c6ccccc56)c5ccc2c3c45)c2ccccc12. The largest absolute Gasteiger partial charge is 0.489 e. The average molecular weight is 771 g/mol. The summed E-state index contributed by atoms with van der Waals surface area (Å²) in [6, 6.07) is 61.7. The Kier molecular flexibility index (Phi) is 8.50. The molecule has 0 aliphatic heterocycles. The lowest BCUT2D eigenvalue weighted by molar-refractivity contribution is 0.305. The second-order valence-corrected chi connectivity index (χ2v) is 16.8. The zero-order valence-corrected chi connectivity index (χ0v) is 34.9. The van der Waals surface area contributed by atoms with E-state index in [1.54, 1.807) is 0 Å². The predicted molar refractivity (Wildman–Crippen MR) is 258 cm³/mol. The summed E-state index contributed by atoms with van der Waals surface area (Å²) in [5, 5.41) is 15.4. The second kappa shape index (κ2) is 14.1. The first-order valence-electron chi connectivity index (χ1n) is 21.3. The van der Waals surface area contributed by atoms with Gasteiger partial charge in [-0.3, -0.25) is 0 Å². The van der Waals surface area contributed by atoms with Gasteiger partial charge < -0.3 is 4.74 Å². The van der Waals surface area contributed by atoms with Crippen LogP contribution in [0.1, 0.15) is 40.3 Å². The van der Waals surface area contributed by atoms with Crippen LogP contribution in [0.2, 0.25) is 0 Å². The highest BCUT2D eigenvalue weighted by Gasteiger charge is 2.23. The molecule has 0 spiro atoms. The Balaban J connectivity index is 1.30. The Bertz CT molecular complexity index is 3410. The van der Waals surface area contributed by atoms with Crippen LogP contribution in [0.15, 0.2) is 164 Å². The molecule has 1 nitrogen and oxygen atoms in total. The van der Waals surface area contributed by atoms with Crippen LogP contribution < -0.4 is 4.74 Å². The topological polar surface area (TPSA) is 9.23 Å². The molecule has 0 N–H and O–H groups in total. The van der Waals surface area contributed by atoms with Crippen molar-refractivity contribution in [2.45, 2.75) is 47.6 Å². The van der Waals surface area contributed by atoms with E-state index in [9.17, 15) is 0 Å². The molecule has 60 heavy (non-hydrogen) atoms. The molecule has 0 unspecified atom stereocenters. The highest BCUT2D eigenvalue weighted by atomic mass is 16.5. The summed E-state index contributed by atoms with van der Waals surface area (Å²) >= 11 is 0. The molecular weight excluding hydrogens is 725 g/mol. The van der Waals surface area contributed by atoms with Crippen LogP contribution in [-0.4, -0.2) is 0 Å². The monoisotopic (exact) mass is 770 g/mol. The van der Waals surface area contributed by atoms with Crippen molar-refractivity contribution in [2.24, 2.45) is 0 Å². The van der Waals surface area contributed by atoms with Crippen LogP contribution in [0, 0.1) is 27.7 Å². The van der Waals surface area contributed by atoms with Crippen LogP contribution >= 0.6 is 0 Å². The Morgan fingerprint density at radius 3 is 1.35 bits per heavy atom. The highest BCUT2D eigenvalue weighted by Crippen LogP contribution is 2.49. The molecule has 0 atom stereocenters. The Morgan fingerprint density at radius 1 is 0.333 bits per heavy atom. The van der Waals surface area contributed by atoms with Gasteiger partial charge in [0.25, 0.3) is 0 Å². The van der Waals surface area contributed by atoms with E-state index < -0.39 is 0 Å². The van der Waals surface area contributed by atoms with E-state index in [0.29, 0.717) is 6.61 Å². The van der Waals surface area contributed by atoms with Gasteiger partial charge in [-0.2, -0.15) is 0 Å². The third-order valence-corrected chi connectivity index (χ3v) is 13.3. The summed E-state index contributed by atoms with van der Waals surface area (Å²) in [5.74, 6) is 0.932. The second-order valence-electron chi connectivity index (χ2n) is 16.8. The van der Waals surface area contributed by atoms with Gasteiger partial charge in [0.1, 0.15) is 12.4 Å². The van der Waals surface area contributed by atoms with Crippen LogP contribution in [0.3, 0.4) is 0 Å². The van der Waals surface area contributed by atoms with Gasteiger partial charge in [0.15, 0.2) is 0 Å². The Hall–Kier alpha value is -6.96. The molecule has 0 saturated heterocycles. The molecule has 0 aliphatic rings. The van der Waals surface area contributed by atoms with Crippen molar-refractivity contribution in [1.29, 1.82) is 0 Å². The molecule has 0 amide bonds. The van der Waals surface area contributed by atoms with E-state index in [2.05, 4.69) is 198 Å². The predicted octanol–water partition coefficient (Wildman–Crippen LogP) is 16.4. The first kappa shape index (κ1) is 36.1. The number of ether oxygens (including phenoxy) is 1. The van der Waals surface area contributed by atoms with E-state index >= 15 is 0 Å². The van der Waals surface area contributed by atoms with Crippen molar-refractivity contribution in [3.8, 4) is 39.1 Å². The van der Waals surface area contributed by atoms with E-state index in [1.165, 1.54) is 126 Å². The van der Waals surface area contributed by atoms with E-state index in [1.807, 2.05) is 0 Å². The molecule has 288 valence electrons. The van der Waals surface area contributed by atoms with Crippen molar-refractivity contribution in [3.05, 3.63) is 197 Å². The molecule has 11 aromatic carbocycles. The standard InChI is InChI=1S/C59H46O/c1-6-39-23-26-50(47-18-12-9-15-43(39)47)54-32-40(34-60-57-31-35(2)19-20-38(57)5)44-27-28-52-55(48-24-21-36(3)41-13-7-10-16-45(41)48)33-56(53-30-29-51(54)58(44)59(52)53)49-25-22-37(4)42-14-8-11-17-46(42)49/h7-33H,6,34H2,1-5H3. The number of fused-ring (bicyclic) bond motifs is 3. The van der Waals surface area contributed by atoms with Gasteiger partial charge in [-0.15, -0.1) is 0 Å². The maximum atomic E-state index is 6.81. The molecule has 0 radical (unpaired) electrons. The van der Waals surface area contributed by atoms with Crippen molar-refractivity contribution in [2.75, 3.05) is 0 Å². The van der Waals surface area contributed by atoms with Crippen molar-refractivity contribution >= 4 is 64.6 Å². The molecule has 0 bridgehead atoms. The summed E-state index contributed by atoms with van der Waals surface area (Å²) in [5.41, 5.74) is 15.0. The van der Waals surface area contributed by atoms with Gasteiger partial charge in [-0.05, 0) is 184 Å². The maximum Gasteiger partial charge on any atom is 0.122 e. The fourth-order valence-electron chi connectivity index (χ4n) is 10.1. The molecular formula is C59H46O. The number of benzene rings is 11. The summed E-state index contributed by atoms with van der Waals surface area (Å²) < 4.78 is 6.81. The fraction of sp³-hybridized carbons (Fsp3) is 0.119. The van der Waals surface area contributed by atoms with Gasteiger partial charge in [0.05, 0.1) is 0 Å². The molecule has 0 saturated carbocycles. The van der Waals surface area contributed by atoms with E-state index in [0.717, 1.165) is 17.7 Å². The van der Waals surface area contributed by atoms with Crippen molar-refractivity contribution < 1.29 is 4.74 Å². The lowest BCUT2D eigenvalue weighted by Gasteiger charge is -2.23. The summed E-state index contributed by atoms with van der Waals surface area (Å²) in [4.78, 5) is 0. The van der Waals surface area contributed by atoms with Crippen molar-refractivity contribution in [1.82, 2.24) is 0 Å². The summed E-state index contributed by atoms with van der Waals surface area (Å²) in [6.07, 6.45) is 0.987. The number of hydrogen-bond donors (Lipinski definition) is 0. The minimum absolute atomic E-state index is 0.460. The van der Waals surface area contributed by atoms with Crippen LogP contribution in [-0.2, 0) is 13.0 Å². The molecule has 0 aliphatic carbocycles. The minimum Gasteiger partial charge on any atom is -0.489 e. The lowest BCUT2D eigenvalue weighted by atomic mass is 9.81. The third kappa shape index (κ3) is 5.60. The number of hydrogen-bond acceptors (Lipinski definition) is 1. The smallest absolute Gasteiger partial charge is 0.122 e. The molecule has 0 fully saturated rings. The molecule has 0 aromatic heterocycles. The fourth-order valence-corrected chi connectivity index (χ4v) is 10.1. The van der Waals surface area contributed by atoms with E-state index in [4.69, 9.17) is 4.74 Å². The maximum absolute atomic E-state index is 6.81. The third-order valence-electron chi connectivity index (χ3n) is 13.3. The summed E-state index contributed by atoms with van der Waals surface area (Å²) in [6.45, 7) is 11.4. The zero-order valence-electron chi connectivity index (χ0n) is 34.9. The highest BCUT2D eigenvalue weighted by molar-refractivity contribution is 6.32. The Labute approximate surface area is 351 Å². The lowest BCUT2D eigenvalue weighted by Crippen LogP contribution is -2.01. The first-order chi connectivity index (χ1) is 29.4. The van der Waals surface area contributed by atoms with Gasteiger partial charge in [0, 0.05) is 0 Å². The normalized spacial score (nSPS) is 11.9. The van der Waals surface area contributed by atoms with Gasteiger partial charge in [0.2, 0.25) is 0 Å². The van der Waals surface area contributed by atoms with Crippen LogP contribution in [0.5, 0.6) is 5.75 Å². The molecule has 11 rings (SSSR count). The van der Waals surface area contributed by atoms with Crippen LogP contribution in [0.4, 0.5) is 0 Å². The first-order valence-corrected chi connectivity index (χ1v) is 21.3. The molecule has 0 heterocycles. The molecule has 11 aromatic rings. The van der Waals surface area contributed by atoms with Gasteiger partial charge in [-0.1, -0.05) is 153 Å². The Morgan fingerprint density at radius 2 is 0.783 bits per heavy atom. The quantitative estimate of drug-likeness (QED) is 0.147. The van der Waals surface area contributed by atoms with Crippen LogP contribution in [0.25, 0.3) is 98.0 Å².